The number of anilines is 1. The lowest BCUT2D eigenvalue weighted by atomic mass is 10.3. The van der Waals surface area contributed by atoms with E-state index in [1.165, 1.54) is 12.5 Å². The highest BCUT2D eigenvalue weighted by atomic mass is 32.2. The summed E-state index contributed by atoms with van der Waals surface area (Å²) in [6.45, 7) is 2.96. The van der Waals surface area contributed by atoms with Gasteiger partial charge >= 0.3 is 0 Å². The molecule has 1 aromatic heterocycles. The summed E-state index contributed by atoms with van der Waals surface area (Å²) in [4.78, 5) is 3.86. The normalized spacial score (nSPS) is 11.5. The van der Waals surface area contributed by atoms with Crippen LogP contribution in [0.5, 0.6) is 5.75 Å². The van der Waals surface area contributed by atoms with Gasteiger partial charge in [0.05, 0.1) is 6.33 Å². The van der Waals surface area contributed by atoms with Gasteiger partial charge in [-0.15, -0.1) is 0 Å². The monoisotopic (exact) mass is 310 g/mol. The topological polar surface area (TPSA) is 99.2 Å². The Morgan fingerprint density at radius 2 is 2.05 bits per heavy atom. The van der Waals surface area contributed by atoms with Gasteiger partial charge in [-0.05, 0) is 31.2 Å². The fourth-order valence-corrected chi connectivity index (χ4v) is 2.59. The Morgan fingerprint density at radius 1 is 1.33 bits per heavy atom. The van der Waals surface area contributed by atoms with E-state index in [0.717, 1.165) is 0 Å². The summed E-state index contributed by atoms with van der Waals surface area (Å²) in [5.74, 6) is 0.638. The number of aryl methyl sites for hydroxylation is 1. The van der Waals surface area contributed by atoms with Crippen molar-refractivity contribution in [1.82, 2.24) is 14.3 Å². The van der Waals surface area contributed by atoms with Crippen LogP contribution in [-0.2, 0) is 16.6 Å². The number of hydrogen-bond acceptors (Lipinski definition) is 5. The zero-order valence-electron chi connectivity index (χ0n) is 11.7. The molecule has 1 aromatic carbocycles. The maximum atomic E-state index is 12.0. The number of nitrogen functional groups attached to an aromatic ring is 1. The number of sulfonamides is 1. The Morgan fingerprint density at radius 3 is 2.67 bits per heavy atom. The van der Waals surface area contributed by atoms with Crippen molar-refractivity contribution in [3.63, 3.8) is 0 Å². The largest absolute Gasteiger partial charge is 0.492 e. The standard InChI is InChI=1S/C13H18N4O3S/c1-2-17-9-13(15-10-17)21(18,19)16-7-8-20-12-5-3-11(14)4-6-12/h3-6,9-10,16H,2,7-8,14H2,1H3. The highest BCUT2D eigenvalue weighted by molar-refractivity contribution is 7.89. The molecule has 0 spiro atoms. The van der Waals surface area contributed by atoms with E-state index in [1.807, 2.05) is 6.92 Å². The predicted octanol–water partition coefficient (Wildman–Crippen LogP) is 0.842. The van der Waals surface area contributed by atoms with Crippen LogP contribution in [0.15, 0.2) is 41.8 Å². The summed E-state index contributed by atoms with van der Waals surface area (Å²) in [5, 5.41) is 0.0110. The molecule has 114 valence electrons. The minimum Gasteiger partial charge on any atom is -0.492 e. The third kappa shape index (κ3) is 4.20. The minimum absolute atomic E-state index is 0.0110. The Labute approximate surface area is 123 Å². The van der Waals surface area contributed by atoms with Gasteiger partial charge in [0.25, 0.3) is 10.0 Å². The molecule has 7 nitrogen and oxygen atoms in total. The van der Waals surface area contributed by atoms with Crippen molar-refractivity contribution in [2.75, 3.05) is 18.9 Å². The fourth-order valence-electron chi connectivity index (χ4n) is 1.63. The van der Waals surface area contributed by atoms with E-state index in [2.05, 4.69) is 9.71 Å². The van der Waals surface area contributed by atoms with Crippen molar-refractivity contribution in [2.45, 2.75) is 18.5 Å². The summed E-state index contributed by atoms with van der Waals surface area (Å²) in [6, 6.07) is 6.90. The van der Waals surface area contributed by atoms with Crippen LogP contribution in [0.4, 0.5) is 5.69 Å². The van der Waals surface area contributed by atoms with E-state index in [9.17, 15) is 8.42 Å². The molecular weight excluding hydrogens is 292 g/mol. The van der Waals surface area contributed by atoms with Crippen molar-refractivity contribution in [3.8, 4) is 5.75 Å². The molecule has 0 aliphatic rings. The van der Waals surface area contributed by atoms with Crippen LogP contribution in [0, 0.1) is 0 Å². The van der Waals surface area contributed by atoms with Crippen LogP contribution in [0.2, 0.25) is 0 Å². The second kappa shape index (κ2) is 6.59. The van der Waals surface area contributed by atoms with E-state index in [4.69, 9.17) is 10.5 Å². The average Bonchev–Trinajstić information content (AvgIpc) is 2.95. The predicted molar refractivity (Wildman–Crippen MR) is 79.4 cm³/mol. The summed E-state index contributed by atoms with van der Waals surface area (Å²) in [5.41, 5.74) is 6.21. The number of ether oxygens (including phenoxy) is 1. The first-order valence-corrected chi connectivity index (χ1v) is 7.99. The van der Waals surface area contributed by atoms with Gasteiger partial charge in [-0.3, -0.25) is 0 Å². The van der Waals surface area contributed by atoms with Crippen LogP contribution in [0.3, 0.4) is 0 Å². The van der Waals surface area contributed by atoms with Gasteiger partial charge in [-0.1, -0.05) is 0 Å². The lowest BCUT2D eigenvalue weighted by Crippen LogP contribution is -2.28. The van der Waals surface area contributed by atoms with E-state index in [1.54, 1.807) is 28.8 Å². The summed E-state index contributed by atoms with van der Waals surface area (Å²) in [6.07, 6.45) is 2.97. The summed E-state index contributed by atoms with van der Waals surface area (Å²) >= 11 is 0. The quantitative estimate of drug-likeness (QED) is 0.583. The van der Waals surface area contributed by atoms with Crippen molar-refractivity contribution in [1.29, 1.82) is 0 Å². The molecule has 8 heteroatoms. The van der Waals surface area contributed by atoms with E-state index >= 15 is 0 Å². The maximum Gasteiger partial charge on any atom is 0.259 e. The summed E-state index contributed by atoms with van der Waals surface area (Å²) < 4.78 is 33.5. The number of nitrogens with two attached hydrogens (primary N) is 1. The molecule has 0 saturated heterocycles. The summed E-state index contributed by atoms with van der Waals surface area (Å²) in [7, 11) is -3.59. The van der Waals surface area contributed by atoms with Crippen LogP contribution >= 0.6 is 0 Å². The molecule has 3 N–H and O–H groups in total. The molecule has 0 saturated carbocycles. The van der Waals surface area contributed by atoms with Gasteiger partial charge in [0.2, 0.25) is 0 Å². The Balaban J connectivity index is 1.83. The number of rotatable bonds is 7. The molecule has 0 fully saturated rings. The Kier molecular flexibility index (Phi) is 4.81. The third-order valence-corrected chi connectivity index (χ3v) is 4.14. The molecule has 2 aromatic rings. The van der Waals surface area contributed by atoms with Gasteiger partial charge in [-0.2, -0.15) is 0 Å². The average molecular weight is 310 g/mol. The molecule has 0 aliphatic heterocycles. The van der Waals surface area contributed by atoms with Gasteiger partial charge in [0.1, 0.15) is 12.4 Å². The SMILES string of the molecule is CCn1cnc(S(=O)(=O)NCCOc2ccc(N)cc2)c1. The number of nitrogens with zero attached hydrogens (tertiary/aromatic N) is 2. The van der Waals surface area contributed by atoms with E-state index < -0.39 is 10.0 Å². The molecule has 0 atom stereocenters. The first kappa shape index (κ1) is 15.3. The van der Waals surface area contributed by atoms with Gasteiger partial charge < -0.3 is 15.0 Å². The number of imidazole rings is 1. The van der Waals surface area contributed by atoms with Crippen molar-refractivity contribution >= 4 is 15.7 Å². The zero-order chi connectivity index (χ0) is 15.3. The van der Waals surface area contributed by atoms with Gasteiger partial charge in [-0.25, -0.2) is 18.1 Å². The smallest absolute Gasteiger partial charge is 0.259 e. The lowest BCUT2D eigenvalue weighted by Gasteiger charge is -2.07. The molecule has 2 rings (SSSR count). The highest BCUT2D eigenvalue weighted by Crippen LogP contribution is 2.12. The molecule has 21 heavy (non-hydrogen) atoms. The molecule has 0 radical (unpaired) electrons. The second-order valence-electron chi connectivity index (χ2n) is 4.36. The second-order valence-corrected chi connectivity index (χ2v) is 6.07. The Hall–Kier alpha value is -2.06. The van der Waals surface area contributed by atoms with Gasteiger partial charge in [0.15, 0.2) is 5.03 Å². The Bertz CT molecular complexity index is 680. The molecule has 0 unspecified atom stereocenters. The van der Waals surface area contributed by atoms with E-state index in [-0.39, 0.29) is 18.2 Å². The fraction of sp³-hybridized carbons (Fsp3) is 0.308. The zero-order valence-corrected chi connectivity index (χ0v) is 12.5. The molecule has 0 aliphatic carbocycles. The van der Waals surface area contributed by atoms with Crippen molar-refractivity contribution in [3.05, 3.63) is 36.8 Å². The third-order valence-electron chi connectivity index (χ3n) is 2.79. The molecular formula is C13H18N4O3S. The minimum atomic E-state index is -3.59. The molecule has 0 bridgehead atoms. The van der Waals surface area contributed by atoms with E-state index in [0.29, 0.717) is 18.0 Å². The maximum absolute atomic E-state index is 12.0. The number of hydrogen-bond donors (Lipinski definition) is 2. The first-order valence-electron chi connectivity index (χ1n) is 6.51. The number of nitrogens with one attached hydrogen (secondary N) is 1. The molecule has 1 heterocycles. The highest BCUT2D eigenvalue weighted by Gasteiger charge is 2.16. The lowest BCUT2D eigenvalue weighted by molar-refractivity contribution is 0.323. The van der Waals surface area contributed by atoms with Crippen LogP contribution in [-0.4, -0.2) is 31.1 Å². The van der Waals surface area contributed by atoms with Crippen LogP contribution in [0.1, 0.15) is 6.92 Å². The van der Waals surface area contributed by atoms with Crippen LogP contribution in [0.25, 0.3) is 0 Å². The first-order chi connectivity index (χ1) is 10.0. The number of benzene rings is 1. The van der Waals surface area contributed by atoms with Crippen molar-refractivity contribution < 1.29 is 13.2 Å². The van der Waals surface area contributed by atoms with Crippen LogP contribution < -0.4 is 15.2 Å². The van der Waals surface area contributed by atoms with Crippen molar-refractivity contribution in [2.24, 2.45) is 0 Å². The molecule has 0 amide bonds. The number of aromatic nitrogens is 2. The van der Waals surface area contributed by atoms with Gasteiger partial charge in [0, 0.05) is 25.0 Å².